The van der Waals surface area contributed by atoms with Crippen molar-refractivity contribution in [1.29, 1.82) is 0 Å². The molecule has 134 valence electrons. The number of hydrogen-bond acceptors (Lipinski definition) is 6. The number of anilines is 1. The summed E-state index contributed by atoms with van der Waals surface area (Å²) in [5.41, 5.74) is 2.12. The Bertz CT molecular complexity index is 863. The number of oxime groups is 1. The molecule has 0 spiro atoms. The summed E-state index contributed by atoms with van der Waals surface area (Å²) in [5.74, 6) is -0.213. The second kappa shape index (κ2) is 7.69. The first kappa shape index (κ1) is 17.5. The maximum Gasteiger partial charge on any atom is 0.339 e. The first-order valence-corrected chi connectivity index (χ1v) is 7.97. The zero-order valence-electron chi connectivity index (χ0n) is 14.4. The number of carbonyl (C=O) groups is 2. The van der Waals surface area contributed by atoms with Crippen LogP contribution >= 0.6 is 0 Å². The van der Waals surface area contributed by atoms with Crippen molar-refractivity contribution >= 4 is 23.3 Å². The molecule has 0 radical (unpaired) electrons. The van der Waals surface area contributed by atoms with Gasteiger partial charge in [-0.05, 0) is 24.3 Å². The molecule has 0 saturated carbocycles. The normalized spacial score (nSPS) is 15.6. The minimum absolute atomic E-state index is 0.273. The van der Waals surface area contributed by atoms with Gasteiger partial charge in [0.15, 0.2) is 0 Å². The predicted molar refractivity (Wildman–Crippen MR) is 95.4 cm³/mol. The Morgan fingerprint density at radius 1 is 1.15 bits per heavy atom. The Morgan fingerprint density at radius 3 is 2.73 bits per heavy atom. The highest BCUT2D eigenvalue weighted by Gasteiger charge is 2.29. The van der Waals surface area contributed by atoms with Crippen molar-refractivity contribution in [2.24, 2.45) is 5.16 Å². The molecule has 0 bridgehead atoms. The van der Waals surface area contributed by atoms with E-state index in [2.05, 4.69) is 10.5 Å². The minimum atomic E-state index is -0.776. The molecule has 7 heteroatoms. The van der Waals surface area contributed by atoms with Gasteiger partial charge in [0.2, 0.25) is 6.10 Å². The van der Waals surface area contributed by atoms with Crippen molar-refractivity contribution < 1.29 is 23.9 Å². The van der Waals surface area contributed by atoms with Crippen LogP contribution in [0.4, 0.5) is 5.69 Å². The first-order valence-electron chi connectivity index (χ1n) is 7.97. The van der Waals surface area contributed by atoms with Crippen LogP contribution in [0.5, 0.6) is 5.75 Å². The molecule has 0 saturated heterocycles. The van der Waals surface area contributed by atoms with E-state index in [1.165, 1.54) is 7.11 Å². The van der Waals surface area contributed by atoms with Crippen molar-refractivity contribution in [1.82, 2.24) is 0 Å². The molecule has 0 aromatic heterocycles. The van der Waals surface area contributed by atoms with E-state index in [0.29, 0.717) is 23.6 Å². The highest BCUT2D eigenvalue weighted by Crippen LogP contribution is 2.22. The number of amides is 1. The van der Waals surface area contributed by atoms with E-state index < -0.39 is 12.1 Å². The van der Waals surface area contributed by atoms with E-state index >= 15 is 0 Å². The van der Waals surface area contributed by atoms with Gasteiger partial charge in [-0.15, -0.1) is 0 Å². The Balaban J connectivity index is 1.69. The van der Waals surface area contributed by atoms with Crippen LogP contribution in [-0.4, -0.2) is 37.9 Å². The van der Waals surface area contributed by atoms with Gasteiger partial charge >= 0.3 is 5.97 Å². The van der Waals surface area contributed by atoms with Gasteiger partial charge in [-0.2, -0.15) is 0 Å². The minimum Gasteiger partial charge on any atom is -0.497 e. The van der Waals surface area contributed by atoms with Crippen LogP contribution in [0.2, 0.25) is 0 Å². The van der Waals surface area contributed by atoms with Gasteiger partial charge in [0.05, 0.1) is 31.2 Å². The topological polar surface area (TPSA) is 86.2 Å². The molecule has 7 nitrogen and oxygen atoms in total. The van der Waals surface area contributed by atoms with Crippen LogP contribution in [0.1, 0.15) is 22.3 Å². The molecule has 26 heavy (non-hydrogen) atoms. The molecule has 1 aliphatic rings. The molecule has 2 aromatic carbocycles. The summed E-state index contributed by atoms with van der Waals surface area (Å²) in [7, 11) is 2.87. The van der Waals surface area contributed by atoms with Gasteiger partial charge in [-0.25, -0.2) is 4.79 Å². The molecule has 0 aliphatic carbocycles. The van der Waals surface area contributed by atoms with Gasteiger partial charge in [0, 0.05) is 12.0 Å². The fraction of sp³-hybridized carbons (Fsp3) is 0.211. The summed E-state index contributed by atoms with van der Waals surface area (Å²) in [6.45, 7) is 0. The summed E-state index contributed by atoms with van der Waals surface area (Å²) >= 11 is 0. The van der Waals surface area contributed by atoms with Crippen molar-refractivity contribution in [2.45, 2.75) is 12.5 Å². The molecule has 1 heterocycles. The van der Waals surface area contributed by atoms with E-state index in [9.17, 15) is 9.59 Å². The highest BCUT2D eigenvalue weighted by atomic mass is 16.6. The van der Waals surface area contributed by atoms with Crippen LogP contribution in [0, 0.1) is 0 Å². The van der Waals surface area contributed by atoms with Crippen molar-refractivity contribution in [3.05, 3.63) is 59.7 Å². The fourth-order valence-corrected chi connectivity index (χ4v) is 2.58. The Labute approximate surface area is 150 Å². The van der Waals surface area contributed by atoms with E-state index in [-0.39, 0.29) is 11.5 Å². The largest absolute Gasteiger partial charge is 0.497 e. The van der Waals surface area contributed by atoms with Crippen molar-refractivity contribution in [3.63, 3.8) is 0 Å². The highest BCUT2D eigenvalue weighted by molar-refractivity contribution is 6.07. The lowest BCUT2D eigenvalue weighted by atomic mass is 10.0. The van der Waals surface area contributed by atoms with Crippen LogP contribution in [0.15, 0.2) is 53.7 Å². The van der Waals surface area contributed by atoms with Gasteiger partial charge in [0.25, 0.3) is 5.91 Å². The Kier molecular flexibility index (Phi) is 5.17. The summed E-state index contributed by atoms with van der Waals surface area (Å²) in [6, 6.07) is 14.0. The molecule has 3 rings (SSSR count). The number of hydrogen-bond donors (Lipinski definition) is 1. The zero-order valence-corrected chi connectivity index (χ0v) is 14.4. The molecule has 1 unspecified atom stereocenters. The maximum atomic E-state index is 12.5. The lowest BCUT2D eigenvalue weighted by molar-refractivity contribution is -0.125. The third-order valence-corrected chi connectivity index (χ3v) is 3.95. The quantitative estimate of drug-likeness (QED) is 0.834. The van der Waals surface area contributed by atoms with E-state index in [1.807, 2.05) is 24.3 Å². The van der Waals surface area contributed by atoms with Gasteiger partial charge in [-0.3, -0.25) is 4.79 Å². The van der Waals surface area contributed by atoms with Gasteiger partial charge < -0.3 is 19.6 Å². The molecule has 1 N–H and O–H groups in total. The summed E-state index contributed by atoms with van der Waals surface area (Å²) < 4.78 is 9.92. The summed E-state index contributed by atoms with van der Waals surface area (Å²) in [5, 5.41) is 6.71. The predicted octanol–water partition coefficient (Wildman–Crippen LogP) is 2.61. The lowest BCUT2D eigenvalue weighted by Crippen LogP contribution is -2.28. The van der Waals surface area contributed by atoms with Crippen molar-refractivity contribution in [2.75, 3.05) is 19.5 Å². The average molecular weight is 354 g/mol. The average Bonchev–Trinajstić information content (AvgIpc) is 3.18. The fourth-order valence-electron chi connectivity index (χ4n) is 2.58. The molecular formula is C19H18N2O5. The number of ether oxygens (including phenoxy) is 2. The molecule has 0 fully saturated rings. The maximum absolute atomic E-state index is 12.5. The number of carbonyl (C=O) groups excluding carboxylic acids is 2. The van der Waals surface area contributed by atoms with Crippen LogP contribution in [0.3, 0.4) is 0 Å². The van der Waals surface area contributed by atoms with Gasteiger partial charge in [0.1, 0.15) is 5.75 Å². The van der Waals surface area contributed by atoms with E-state index in [1.54, 1.807) is 31.4 Å². The number of para-hydroxylation sites is 1. The molecule has 1 aliphatic heterocycles. The first-order chi connectivity index (χ1) is 12.6. The smallest absolute Gasteiger partial charge is 0.339 e. The van der Waals surface area contributed by atoms with E-state index in [4.69, 9.17) is 14.3 Å². The zero-order chi connectivity index (χ0) is 18.5. The van der Waals surface area contributed by atoms with E-state index in [0.717, 1.165) is 5.56 Å². The SMILES string of the molecule is COC(=O)c1ccccc1NC(=O)C1CC(c2cccc(OC)c2)=NO1. The van der Waals surface area contributed by atoms with Crippen LogP contribution in [-0.2, 0) is 14.4 Å². The van der Waals surface area contributed by atoms with Crippen LogP contribution < -0.4 is 10.1 Å². The second-order valence-electron chi connectivity index (χ2n) is 5.59. The van der Waals surface area contributed by atoms with Gasteiger partial charge in [-0.1, -0.05) is 29.4 Å². The third-order valence-electron chi connectivity index (χ3n) is 3.95. The number of benzene rings is 2. The second-order valence-corrected chi connectivity index (χ2v) is 5.59. The monoisotopic (exact) mass is 354 g/mol. The number of rotatable bonds is 5. The number of nitrogens with zero attached hydrogens (tertiary/aromatic N) is 1. The lowest BCUT2D eigenvalue weighted by Gasteiger charge is -2.12. The van der Waals surface area contributed by atoms with Crippen molar-refractivity contribution in [3.8, 4) is 5.75 Å². The Morgan fingerprint density at radius 2 is 1.96 bits per heavy atom. The standard InChI is InChI=1S/C19H18N2O5/c1-24-13-7-5-6-12(10-13)16-11-17(26-21-16)18(22)20-15-9-4-3-8-14(15)19(23)25-2/h3-10,17H,11H2,1-2H3,(H,20,22). The third kappa shape index (κ3) is 3.66. The summed E-state index contributed by atoms with van der Waals surface area (Å²) in [4.78, 5) is 29.6. The number of esters is 1. The number of methoxy groups -OCH3 is 2. The molecular weight excluding hydrogens is 336 g/mol. The van der Waals surface area contributed by atoms with Crippen LogP contribution in [0.25, 0.3) is 0 Å². The molecule has 2 aromatic rings. The molecule has 1 amide bonds. The molecule has 1 atom stereocenters. The number of nitrogens with one attached hydrogen (secondary N) is 1. The Hall–Kier alpha value is -3.35. The summed E-state index contributed by atoms with van der Waals surface area (Å²) in [6.07, 6.45) is -0.457.